The molecule has 2 aliphatic heterocycles. The van der Waals surface area contributed by atoms with Gasteiger partial charge in [-0.15, -0.1) is 0 Å². The van der Waals surface area contributed by atoms with E-state index < -0.39 is 5.60 Å². The van der Waals surface area contributed by atoms with Gasteiger partial charge < -0.3 is 9.64 Å². The average Bonchev–Trinajstić information content (AvgIpc) is 2.99. The highest BCUT2D eigenvalue weighted by atomic mass is 16.6. The van der Waals surface area contributed by atoms with Gasteiger partial charge in [0, 0.05) is 31.2 Å². The molecular weight excluding hydrogens is 252 g/mol. The molecule has 0 N–H and O–H groups in total. The number of likely N-dealkylation sites (tertiary alicyclic amines) is 2. The van der Waals surface area contributed by atoms with Crippen molar-refractivity contribution in [3.05, 3.63) is 11.6 Å². The van der Waals surface area contributed by atoms with E-state index in [9.17, 15) is 4.79 Å². The average molecular weight is 278 g/mol. The summed E-state index contributed by atoms with van der Waals surface area (Å²) in [5.74, 6) is 0. The maximum absolute atomic E-state index is 12.2. The highest BCUT2D eigenvalue weighted by molar-refractivity contribution is 5.69. The van der Waals surface area contributed by atoms with Crippen molar-refractivity contribution in [1.82, 2.24) is 9.80 Å². The van der Waals surface area contributed by atoms with Crippen molar-refractivity contribution in [2.45, 2.75) is 70.7 Å². The molecule has 4 nitrogen and oxygen atoms in total. The fourth-order valence-electron chi connectivity index (χ4n) is 3.78. The van der Waals surface area contributed by atoms with E-state index in [2.05, 4.69) is 17.9 Å². The molecular formula is C16H26N2O2. The van der Waals surface area contributed by atoms with Crippen LogP contribution in [0.3, 0.4) is 0 Å². The van der Waals surface area contributed by atoms with E-state index >= 15 is 0 Å². The molecule has 3 atom stereocenters. The first kappa shape index (κ1) is 13.9. The Morgan fingerprint density at radius 1 is 1.30 bits per heavy atom. The molecule has 0 spiro atoms. The van der Waals surface area contributed by atoms with E-state index in [0.29, 0.717) is 18.1 Å². The summed E-state index contributed by atoms with van der Waals surface area (Å²) in [6.07, 6.45) is 5.87. The molecule has 0 aromatic rings. The van der Waals surface area contributed by atoms with Crippen LogP contribution in [0.2, 0.25) is 0 Å². The molecule has 1 amide bonds. The lowest BCUT2D eigenvalue weighted by Crippen LogP contribution is -2.52. The van der Waals surface area contributed by atoms with Crippen LogP contribution in [0.25, 0.3) is 0 Å². The number of nitrogens with zero attached hydrogens (tertiary/aromatic N) is 2. The zero-order valence-electron chi connectivity index (χ0n) is 13.1. The van der Waals surface area contributed by atoms with Crippen LogP contribution in [0.1, 0.15) is 47.0 Å². The summed E-state index contributed by atoms with van der Waals surface area (Å²) in [5.41, 5.74) is 1.12. The molecule has 0 aromatic heterocycles. The van der Waals surface area contributed by atoms with Gasteiger partial charge in [-0.2, -0.15) is 0 Å². The van der Waals surface area contributed by atoms with Crippen LogP contribution in [0.15, 0.2) is 11.6 Å². The van der Waals surface area contributed by atoms with Crippen molar-refractivity contribution in [3.63, 3.8) is 0 Å². The first-order chi connectivity index (χ1) is 9.33. The Bertz CT molecular complexity index is 438. The van der Waals surface area contributed by atoms with Gasteiger partial charge in [-0.25, -0.2) is 4.79 Å². The number of carbonyl (C=O) groups excluding carboxylic acids is 1. The van der Waals surface area contributed by atoms with Gasteiger partial charge in [0.15, 0.2) is 0 Å². The zero-order valence-corrected chi connectivity index (χ0v) is 13.1. The Morgan fingerprint density at radius 3 is 2.55 bits per heavy atom. The van der Waals surface area contributed by atoms with Gasteiger partial charge in [0.05, 0.1) is 0 Å². The topological polar surface area (TPSA) is 32.8 Å². The van der Waals surface area contributed by atoms with Crippen LogP contribution >= 0.6 is 0 Å². The number of hydrogen-bond donors (Lipinski definition) is 0. The van der Waals surface area contributed by atoms with Gasteiger partial charge >= 0.3 is 6.09 Å². The summed E-state index contributed by atoms with van der Waals surface area (Å²) in [5, 5.41) is 0. The normalized spacial score (nSPS) is 33.7. The second kappa shape index (κ2) is 4.76. The first-order valence-corrected chi connectivity index (χ1v) is 7.76. The highest BCUT2D eigenvalue weighted by Crippen LogP contribution is 2.36. The summed E-state index contributed by atoms with van der Waals surface area (Å²) in [6, 6.07) is 1.48. The molecule has 112 valence electrons. The third kappa shape index (κ3) is 2.58. The van der Waals surface area contributed by atoms with Crippen LogP contribution in [-0.4, -0.2) is 52.7 Å². The lowest BCUT2D eigenvalue weighted by molar-refractivity contribution is 0.0108. The van der Waals surface area contributed by atoms with Gasteiger partial charge in [-0.3, -0.25) is 4.90 Å². The first-order valence-electron chi connectivity index (χ1n) is 7.76. The van der Waals surface area contributed by atoms with Crippen molar-refractivity contribution in [1.29, 1.82) is 0 Å². The third-order valence-electron chi connectivity index (χ3n) is 4.65. The van der Waals surface area contributed by atoms with Gasteiger partial charge in [-0.1, -0.05) is 11.6 Å². The number of amides is 1. The van der Waals surface area contributed by atoms with Crippen LogP contribution in [-0.2, 0) is 4.74 Å². The SMILES string of the molecule is CC1=CC(N2C[C@@H]3C[C@H]2CN3C(=O)OC(C)(C)C)CC1. The van der Waals surface area contributed by atoms with E-state index in [1.807, 2.05) is 25.7 Å². The van der Waals surface area contributed by atoms with Crippen molar-refractivity contribution in [2.24, 2.45) is 0 Å². The number of hydrogen-bond acceptors (Lipinski definition) is 3. The predicted molar refractivity (Wildman–Crippen MR) is 78.6 cm³/mol. The quantitative estimate of drug-likeness (QED) is 0.691. The Hall–Kier alpha value is -1.03. The smallest absolute Gasteiger partial charge is 0.410 e. The Kier molecular flexibility index (Phi) is 3.32. The number of fused-ring (bicyclic) bond motifs is 2. The summed E-state index contributed by atoms with van der Waals surface area (Å²) in [6.45, 7) is 9.86. The van der Waals surface area contributed by atoms with Gasteiger partial charge in [-0.05, 0) is 47.0 Å². The van der Waals surface area contributed by atoms with Crippen molar-refractivity contribution in [2.75, 3.05) is 13.1 Å². The Balaban J connectivity index is 1.60. The Morgan fingerprint density at radius 2 is 2.05 bits per heavy atom. The molecule has 2 bridgehead atoms. The lowest BCUT2D eigenvalue weighted by atomic mass is 10.2. The Labute approximate surface area is 121 Å². The summed E-state index contributed by atoms with van der Waals surface area (Å²) in [7, 11) is 0. The number of rotatable bonds is 1. The monoisotopic (exact) mass is 278 g/mol. The molecule has 3 rings (SSSR count). The lowest BCUT2D eigenvalue weighted by Gasteiger charge is -2.37. The molecule has 20 heavy (non-hydrogen) atoms. The molecule has 2 saturated heterocycles. The molecule has 4 heteroatoms. The minimum atomic E-state index is -0.399. The predicted octanol–water partition coefficient (Wildman–Crippen LogP) is 2.79. The van der Waals surface area contributed by atoms with E-state index in [0.717, 1.165) is 19.5 Å². The molecule has 1 unspecified atom stereocenters. The maximum atomic E-state index is 12.2. The number of piperazine rings is 1. The van der Waals surface area contributed by atoms with Crippen molar-refractivity contribution < 1.29 is 9.53 Å². The van der Waals surface area contributed by atoms with Gasteiger partial charge in [0.2, 0.25) is 0 Å². The maximum Gasteiger partial charge on any atom is 0.410 e. The largest absolute Gasteiger partial charge is 0.444 e. The van der Waals surface area contributed by atoms with Crippen LogP contribution < -0.4 is 0 Å². The molecule has 2 fully saturated rings. The van der Waals surface area contributed by atoms with E-state index in [1.165, 1.54) is 18.4 Å². The summed E-state index contributed by atoms with van der Waals surface area (Å²) in [4.78, 5) is 16.7. The number of carbonyl (C=O) groups is 1. The molecule has 0 saturated carbocycles. The van der Waals surface area contributed by atoms with E-state index in [1.54, 1.807) is 0 Å². The fourth-order valence-corrected chi connectivity index (χ4v) is 3.78. The number of ether oxygens (including phenoxy) is 1. The molecule has 2 heterocycles. The van der Waals surface area contributed by atoms with Crippen LogP contribution in [0, 0.1) is 0 Å². The minimum absolute atomic E-state index is 0.136. The molecule has 1 aliphatic carbocycles. The standard InChI is InChI=1S/C16H26N2O2/c1-11-5-6-12(7-11)17-9-14-8-13(17)10-18(14)15(19)20-16(2,3)4/h7,12-14H,5-6,8-10H2,1-4H3/t12?,13-,14-/m0/s1. The van der Waals surface area contributed by atoms with E-state index in [-0.39, 0.29) is 6.09 Å². The van der Waals surface area contributed by atoms with Crippen LogP contribution in [0.5, 0.6) is 0 Å². The second-order valence-electron chi connectivity index (χ2n) is 7.49. The van der Waals surface area contributed by atoms with Crippen molar-refractivity contribution >= 4 is 6.09 Å². The zero-order chi connectivity index (χ0) is 14.5. The number of allylic oxidation sites excluding steroid dienone is 1. The summed E-state index contributed by atoms with van der Waals surface area (Å²) < 4.78 is 5.51. The molecule has 3 aliphatic rings. The third-order valence-corrected chi connectivity index (χ3v) is 4.65. The highest BCUT2D eigenvalue weighted by Gasteiger charge is 2.48. The van der Waals surface area contributed by atoms with Gasteiger partial charge in [0.25, 0.3) is 0 Å². The van der Waals surface area contributed by atoms with Gasteiger partial charge in [0.1, 0.15) is 5.60 Å². The van der Waals surface area contributed by atoms with Crippen molar-refractivity contribution in [3.8, 4) is 0 Å². The minimum Gasteiger partial charge on any atom is -0.444 e. The second-order valence-corrected chi connectivity index (χ2v) is 7.49. The fraction of sp³-hybridized carbons (Fsp3) is 0.812. The van der Waals surface area contributed by atoms with E-state index in [4.69, 9.17) is 4.74 Å². The van der Waals surface area contributed by atoms with Crippen LogP contribution in [0.4, 0.5) is 4.79 Å². The molecule has 0 aromatic carbocycles. The molecule has 0 radical (unpaired) electrons. The summed E-state index contributed by atoms with van der Waals surface area (Å²) >= 11 is 0.